The zero-order valence-electron chi connectivity index (χ0n) is 9.29. The van der Waals surface area contributed by atoms with Crippen LogP contribution in [0.4, 0.5) is 0 Å². The molecular formula is C10H17NO4. The van der Waals surface area contributed by atoms with Crippen molar-refractivity contribution in [2.24, 2.45) is 0 Å². The summed E-state index contributed by atoms with van der Waals surface area (Å²) in [6.45, 7) is 7.87. The Morgan fingerprint density at radius 2 is 2.00 bits per heavy atom. The van der Waals surface area contributed by atoms with Crippen molar-refractivity contribution in [2.75, 3.05) is 0 Å². The van der Waals surface area contributed by atoms with Crippen molar-refractivity contribution in [3.8, 4) is 0 Å². The molecule has 0 spiro atoms. The van der Waals surface area contributed by atoms with E-state index in [1.54, 1.807) is 6.92 Å². The highest BCUT2D eigenvalue weighted by atomic mass is 16.7. The van der Waals surface area contributed by atoms with Gasteiger partial charge in [-0.2, -0.15) is 0 Å². The number of aliphatic hydroxyl groups is 1. The molecule has 5 nitrogen and oxygen atoms in total. The van der Waals surface area contributed by atoms with Gasteiger partial charge < -0.3 is 9.84 Å². The van der Waals surface area contributed by atoms with E-state index in [1.807, 2.05) is 0 Å². The fourth-order valence-corrected chi connectivity index (χ4v) is 0.993. The van der Waals surface area contributed by atoms with Crippen molar-refractivity contribution in [1.82, 2.24) is 5.32 Å². The zero-order chi connectivity index (χ0) is 12.1. The van der Waals surface area contributed by atoms with Gasteiger partial charge in [-0.05, 0) is 13.3 Å². The second kappa shape index (κ2) is 5.50. The number of esters is 1. The lowest BCUT2D eigenvalue weighted by Crippen LogP contribution is -2.51. The van der Waals surface area contributed by atoms with Crippen LogP contribution in [0.15, 0.2) is 12.2 Å². The fraction of sp³-hybridized carbons (Fsp3) is 0.600. The number of ether oxygens (including phenoxy) is 1. The third-order valence-corrected chi connectivity index (χ3v) is 1.57. The second-order valence-corrected chi connectivity index (χ2v) is 3.39. The summed E-state index contributed by atoms with van der Waals surface area (Å²) >= 11 is 0. The highest BCUT2D eigenvalue weighted by Crippen LogP contribution is 2.13. The summed E-state index contributed by atoms with van der Waals surface area (Å²) in [4.78, 5) is 22.0. The average molecular weight is 215 g/mol. The average Bonchev–Trinajstić information content (AvgIpc) is 2.01. The number of hydrogen-bond acceptors (Lipinski definition) is 4. The van der Waals surface area contributed by atoms with Crippen LogP contribution in [0, 0.1) is 0 Å². The molecular weight excluding hydrogens is 198 g/mol. The number of hydrogen-bond donors (Lipinski definition) is 2. The first-order chi connectivity index (χ1) is 6.80. The van der Waals surface area contributed by atoms with Gasteiger partial charge in [0, 0.05) is 18.9 Å². The first-order valence-electron chi connectivity index (χ1n) is 4.70. The van der Waals surface area contributed by atoms with Gasteiger partial charge in [-0.15, -0.1) is 0 Å². The van der Waals surface area contributed by atoms with Crippen LogP contribution in [-0.4, -0.2) is 22.9 Å². The Morgan fingerprint density at radius 1 is 1.47 bits per heavy atom. The minimum Gasteiger partial charge on any atom is -0.410 e. The Kier molecular flexibility index (Phi) is 5.00. The summed E-state index contributed by atoms with van der Waals surface area (Å²) in [5.41, 5.74) is 0.162. The van der Waals surface area contributed by atoms with Gasteiger partial charge >= 0.3 is 5.97 Å². The molecule has 1 atom stereocenters. The molecule has 0 radical (unpaired) electrons. The molecule has 0 aliphatic heterocycles. The Morgan fingerprint density at radius 3 is 2.33 bits per heavy atom. The highest BCUT2D eigenvalue weighted by molar-refractivity contribution is 5.87. The quantitative estimate of drug-likeness (QED) is 0.402. The molecule has 1 unspecified atom stereocenters. The summed E-state index contributed by atoms with van der Waals surface area (Å²) in [5, 5.41) is 12.0. The maximum absolute atomic E-state index is 11.2. The van der Waals surface area contributed by atoms with Crippen molar-refractivity contribution in [3.05, 3.63) is 12.2 Å². The van der Waals surface area contributed by atoms with Crippen molar-refractivity contribution in [2.45, 2.75) is 39.5 Å². The Bertz CT molecular complexity index is 275. The molecule has 0 heterocycles. The minimum absolute atomic E-state index is 0.131. The van der Waals surface area contributed by atoms with Gasteiger partial charge in [-0.25, -0.2) is 4.79 Å². The predicted octanol–water partition coefficient (Wildman–Crippen LogP) is 0.688. The number of rotatable bonds is 5. The topological polar surface area (TPSA) is 75.6 Å². The molecule has 0 rings (SSSR count). The van der Waals surface area contributed by atoms with E-state index in [1.165, 1.54) is 13.8 Å². The van der Waals surface area contributed by atoms with Crippen molar-refractivity contribution < 1.29 is 19.4 Å². The largest absolute Gasteiger partial charge is 0.410 e. The Balaban J connectivity index is 4.56. The molecule has 0 fully saturated rings. The second-order valence-electron chi connectivity index (χ2n) is 3.39. The number of amides is 1. The van der Waals surface area contributed by atoms with Crippen molar-refractivity contribution >= 4 is 11.9 Å². The van der Waals surface area contributed by atoms with Gasteiger partial charge in [0.05, 0.1) is 0 Å². The van der Waals surface area contributed by atoms with Crippen LogP contribution in [0.1, 0.15) is 33.6 Å². The first-order valence-corrected chi connectivity index (χ1v) is 4.70. The van der Waals surface area contributed by atoms with Crippen LogP contribution in [0.2, 0.25) is 0 Å². The summed E-state index contributed by atoms with van der Waals surface area (Å²) in [6.07, 6.45) is 0.686. The van der Waals surface area contributed by atoms with Crippen molar-refractivity contribution in [1.29, 1.82) is 0 Å². The lowest BCUT2D eigenvalue weighted by atomic mass is 10.2. The van der Waals surface area contributed by atoms with E-state index >= 15 is 0 Å². The van der Waals surface area contributed by atoms with E-state index in [9.17, 15) is 14.7 Å². The Labute approximate surface area is 89.1 Å². The summed E-state index contributed by atoms with van der Waals surface area (Å²) in [5.74, 6) is -3.14. The van der Waals surface area contributed by atoms with E-state index in [0.29, 0.717) is 6.42 Å². The standard InChI is InChI=1S/C10H17NO4/c1-5-6-10(14,11-8(4)12)15-9(13)7(2)3/h14H,2,5-6H2,1,3-4H3,(H,11,12). The minimum atomic E-state index is -1.93. The fourth-order valence-electron chi connectivity index (χ4n) is 0.993. The molecule has 0 aliphatic carbocycles. The molecule has 2 N–H and O–H groups in total. The van der Waals surface area contributed by atoms with E-state index in [2.05, 4.69) is 11.9 Å². The molecule has 0 aromatic rings. The molecule has 0 aliphatic rings. The third-order valence-electron chi connectivity index (χ3n) is 1.57. The number of nitrogens with one attached hydrogen (secondary N) is 1. The van der Waals surface area contributed by atoms with Gasteiger partial charge in [-0.3, -0.25) is 10.1 Å². The van der Waals surface area contributed by atoms with Gasteiger partial charge in [-0.1, -0.05) is 13.5 Å². The SMILES string of the molecule is C=C(C)C(=O)OC(O)(CCC)NC(C)=O. The monoisotopic (exact) mass is 215 g/mol. The van der Waals surface area contributed by atoms with Crippen LogP contribution >= 0.6 is 0 Å². The van der Waals surface area contributed by atoms with Gasteiger partial charge in [0.2, 0.25) is 5.91 Å². The molecule has 0 bridgehead atoms. The van der Waals surface area contributed by atoms with Crippen LogP contribution in [0.25, 0.3) is 0 Å². The molecule has 15 heavy (non-hydrogen) atoms. The van der Waals surface area contributed by atoms with Gasteiger partial charge in [0.15, 0.2) is 0 Å². The molecule has 0 saturated heterocycles. The summed E-state index contributed by atoms with van der Waals surface area (Å²) in [7, 11) is 0. The first kappa shape index (κ1) is 13.6. The van der Waals surface area contributed by atoms with Crippen LogP contribution in [-0.2, 0) is 14.3 Å². The molecule has 0 saturated carbocycles. The smallest absolute Gasteiger partial charge is 0.336 e. The summed E-state index contributed by atoms with van der Waals surface area (Å²) < 4.78 is 4.74. The molecule has 0 aromatic heterocycles. The number of carbonyl (C=O) groups excluding carboxylic acids is 2. The van der Waals surface area contributed by atoms with Crippen LogP contribution in [0.5, 0.6) is 0 Å². The molecule has 86 valence electrons. The van der Waals surface area contributed by atoms with Crippen LogP contribution in [0.3, 0.4) is 0 Å². The Hall–Kier alpha value is -1.36. The predicted molar refractivity (Wildman–Crippen MR) is 54.6 cm³/mol. The number of carbonyl (C=O) groups is 2. The molecule has 0 aromatic carbocycles. The third kappa shape index (κ3) is 5.17. The lowest BCUT2D eigenvalue weighted by Gasteiger charge is -2.27. The van der Waals surface area contributed by atoms with Gasteiger partial charge in [0.25, 0.3) is 5.91 Å². The van der Waals surface area contributed by atoms with E-state index in [-0.39, 0.29) is 12.0 Å². The van der Waals surface area contributed by atoms with E-state index < -0.39 is 17.8 Å². The maximum atomic E-state index is 11.2. The molecule has 1 amide bonds. The zero-order valence-corrected chi connectivity index (χ0v) is 9.29. The molecule has 5 heteroatoms. The van der Waals surface area contributed by atoms with E-state index in [0.717, 1.165) is 0 Å². The van der Waals surface area contributed by atoms with E-state index in [4.69, 9.17) is 4.74 Å². The normalized spacial score (nSPS) is 13.9. The van der Waals surface area contributed by atoms with Crippen LogP contribution < -0.4 is 5.32 Å². The van der Waals surface area contributed by atoms with Gasteiger partial charge in [0.1, 0.15) is 0 Å². The maximum Gasteiger partial charge on any atom is 0.336 e. The lowest BCUT2D eigenvalue weighted by molar-refractivity contribution is -0.221. The van der Waals surface area contributed by atoms with Crippen molar-refractivity contribution in [3.63, 3.8) is 0 Å². The highest BCUT2D eigenvalue weighted by Gasteiger charge is 2.31. The summed E-state index contributed by atoms with van der Waals surface area (Å²) in [6, 6.07) is 0.